The van der Waals surface area contributed by atoms with E-state index in [0.29, 0.717) is 0 Å². The molecule has 0 aliphatic carbocycles. The van der Waals surface area contributed by atoms with Crippen molar-refractivity contribution < 1.29 is 18.0 Å². The largest absolute Gasteiger partial charge is 0.406 e. The zero-order chi connectivity index (χ0) is 18.2. The molecule has 0 fully saturated rings. The van der Waals surface area contributed by atoms with Gasteiger partial charge in [0.25, 0.3) is 5.91 Å². The highest BCUT2D eigenvalue weighted by molar-refractivity contribution is 6.02. The molecule has 25 heavy (non-hydrogen) atoms. The first-order valence-corrected chi connectivity index (χ1v) is 6.91. The number of imidazole rings is 1. The van der Waals surface area contributed by atoms with Gasteiger partial charge in [0, 0.05) is 7.05 Å². The number of hydrogen-bond acceptors (Lipinski definition) is 5. The second-order valence-corrected chi connectivity index (χ2v) is 5.15. The van der Waals surface area contributed by atoms with Gasteiger partial charge in [0.1, 0.15) is 12.2 Å². The van der Waals surface area contributed by atoms with E-state index in [4.69, 9.17) is 5.26 Å². The van der Waals surface area contributed by atoms with Gasteiger partial charge in [-0.3, -0.25) is 10.1 Å². The van der Waals surface area contributed by atoms with Crippen LogP contribution in [0.1, 0.15) is 16.1 Å². The van der Waals surface area contributed by atoms with Crippen LogP contribution in [0.3, 0.4) is 0 Å². The molecule has 3 aromatic rings. The highest BCUT2D eigenvalue weighted by atomic mass is 19.4. The number of carbonyl (C=O) groups excluding carboxylic acids is 1. The molecule has 3 rings (SSSR count). The maximum atomic E-state index is 12.9. The van der Waals surface area contributed by atoms with Gasteiger partial charge < -0.3 is 4.57 Å². The summed E-state index contributed by atoms with van der Waals surface area (Å²) in [5, 5.41) is 18.4. The maximum Gasteiger partial charge on any atom is 0.406 e. The number of rotatable bonds is 3. The van der Waals surface area contributed by atoms with Crippen LogP contribution < -0.4 is 5.32 Å². The van der Waals surface area contributed by atoms with Crippen LogP contribution in [0, 0.1) is 11.3 Å². The molecule has 0 aliphatic heterocycles. The number of carbonyl (C=O) groups is 1. The molecule has 1 N–H and O–H groups in total. The Morgan fingerprint density at radius 3 is 2.76 bits per heavy atom. The minimum Gasteiger partial charge on any atom is -0.301 e. The lowest BCUT2D eigenvalue weighted by molar-refractivity contribution is -0.139. The summed E-state index contributed by atoms with van der Waals surface area (Å²) in [5.41, 5.74) is 0.560. The van der Waals surface area contributed by atoms with Crippen molar-refractivity contribution in [3.05, 3.63) is 35.7 Å². The average Bonchev–Trinajstić information content (AvgIpc) is 3.10. The molecule has 1 aromatic carbocycles. The molecule has 0 bridgehead atoms. The normalized spacial score (nSPS) is 11.5. The molecule has 1 amide bonds. The van der Waals surface area contributed by atoms with Crippen molar-refractivity contribution >= 4 is 22.9 Å². The number of nitrogens with one attached hydrogen (secondary N) is 1. The SMILES string of the molecule is Cn1nncc1C(=O)Nc1nc2ccc(C#N)cc2n1CC(F)(F)F. The number of hydrogen-bond donors (Lipinski definition) is 1. The van der Waals surface area contributed by atoms with Crippen LogP contribution in [0.5, 0.6) is 0 Å². The number of anilines is 1. The number of aromatic nitrogens is 5. The average molecular weight is 349 g/mol. The summed E-state index contributed by atoms with van der Waals surface area (Å²) in [5.74, 6) is -0.986. The predicted octanol–water partition coefficient (Wildman–Crippen LogP) is 1.85. The van der Waals surface area contributed by atoms with E-state index < -0.39 is 18.6 Å². The standard InChI is InChI=1S/C14H10F3N7O/c1-23-11(6-19-22-23)12(25)21-13-20-9-3-2-8(5-18)4-10(9)24(13)7-14(15,16)17/h2-4,6H,7H2,1H3,(H,20,21,25). The van der Waals surface area contributed by atoms with E-state index in [-0.39, 0.29) is 28.2 Å². The fraction of sp³-hybridized carbons (Fsp3) is 0.214. The summed E-state index contributed by atoms with van der Waals surface area (Å²) in [6.45, 7) is -1.36. The van der Waals surface area contributed by atoms with Crippen molar-refractivity contribution in [1.82, 2.24) is 24.5 Å². The van der Waals surface area contributed by atoms with Crippen LogP contribution >= 0.6 is 0 Å². The van der Waals surface area contributed by atoms with E-state index in [1.807, 2.05) is 6.07 Å². The molecule has 0 aliphatic rings. The van der Waals surface area contributed by atoms with E-state index in [9.17, 15) is 18.0 Å². The summed E-state index contributed by atoms with van der Waals surface area (Å²) < 4.78 is 40.8. The Bertz CT molecular complexity index is 996. The Kier molecular flexibility index (Phi) is 3.88. The number of nitriles is 1. The number of amides is 1. The van der Waals surface area contributed by atoms with Gasteiger partial charge in [0.2, 0.25) is 5.95 Å². The van der Waals surface area contributed by atoms with Crippen LogP contribution in [0.2, 0.25) is 0 Å². The number of fused-ring (bicyclic) bond motifs is 1. The summed E-state index contributed by atoms with van der Waals surface area (Å²) in [6, 6.07) is 6.00. The molecule has 0 unspecified atom stereocenters. The molecule has 2 aromatic heterocycles. The van der Waals surface area contributed by atoms with Gasteiger partial charge in [-0.1, -0.05) is 5.21 Å². The highest BCUT2D eigenvalue weighted by Crippen LogP contribution is 2.26. The van der Waals surface area contributed by atoms with E-state index in [1.165, 1.54) is 36.1 Å². The first-order chi connectivity index (χ1) is 11.8. The molecule has 0 saturated heterocycles. The zero-order valence-corrected chi connectivity index (χ0v) is 12.7. The number of alkyl halides is 3. The third-order valence-corrected chi connectivity index (χ3v) is 3.39. The molecule has 0 radical (unpaired) electrons. The molecule has 0 saturated carbocycles. The van der Waals surface area contributed by atoms with E-state index in [0.717, 1.165) is 4.57 Å². The fourth-order valence-electron chi connectivity index (χ4n) is 2.29. The van der Waals surface area contributed by atoms with Gasteiger partial charge in [-0.2, -0.15) is 18.4 Å². The van der Waals surface area contributed by atoms with Gasteiger partial charge in [0.05, 0.1) is 28.9 Å². The molecule has 0 atom stereocenters. The minimum absolute atomic E-state index is 0.0586. The molecule has 8 nitrogen and oxygen atoms in total. The molecule has 11 heteroatoms. The third-order valence-electron chi connectivity index (χ3n) is 3.39. The van der Waals surface area contributed by atoms with Crippen molar-refractivity contribution in [3.63, 3.8) is 0 Å². The lowest BCUT2D eigenvalue weighted by Gasteiger charge is -2.12. The molecule has 0 spiro atoms. The summed E-state index contributed by atoms with van der Waals surface area (Å²) in [7, 11) is 1.47. The zero-order valence-electron chi connectivity index (χ0n) is 12.7. The second kappa shape index (κ2) is 5.90. The van der Waals surface area contributed by atoms with Crippen molar-refractivity contribution in [2.75, 3.05) is 5.32 Å². The van der Waals surface area contributed by atoms with Crippen LogP contribution in [-0.4, -0.2) is 36.6 Å². The summed E-state index contributed by atoms with van der Waals surface area (Å²) >= 11 is 0. The monoisotopic (exact) mass is 349 g/mol. The molecular formula is C14H10F3N7O. The van der Waals surface area contributed by atoms with Crippen LogP contribution in [0.15, 0.2) is 24.4 Å². The van der Waals surface area contributed by atoms with Crippen molar-refractivity contribution in [2.45, 2.75) is 12.7 Å². The van der Waals surface area contributed by atoms with E-state index in [2.05, 4.69) is 20.6 Å². The first-order valence-electron chi connectivity index (χ1n) is 6.91. The van der Waals surface area contributed by atoms with Crippen molar-refractivity contribution in [2.24, 2.45) is 7.05 Å². The van der Waals surface area contributed by atoms with Crippen molar-refractivity contribution in [1.29, 1.82) is 5.26 Å². The Morgan fingerprint density at radius 1 is 1.40 bits per heavy atom. The third kappa shape index (κ3) is 3.27. The molecule has 128 valence electrons. The highest BCUT2D eigenvalue weighted by Gasteiger charge is 2.31. The van der Waals surface area contributed by atoms with E-state index >= 15 is 0 Å². The number of benzene rings is 1. The van der Waals surface area contributed by atoms with Gasteiger partial charge in [-0.15, -0.1) is 5.10 Å². The second-order valence-electron chi connectivity index (χ2n) is 5.15. The lowest BCUT2D eigenvalue weighted by Crippen LogP contribution is -2.23. The Balaban J connectivity index is 2.07. The first kappa shape index (κ1) is 16.4. The van der Waals surface area contributed by atoms with Crippen LogP contribution in [0.25, 0.3) is 11.0 Å². The Labute approximate surface area is 138 Å². The van der Waals surface area contributed by atoms with Gasteiger partial charge in [0.15, 0.2) is 0 Å². The van der Waals surface area contributed by atoms with Gasteiger partial charge in [-0.25, -0.2) is 9.67 Å². The number of aryl methyl sites for hydroxylation is 1. The number of halogens is 3. The predicted molar refractivity (Wildman–Crippen MR) is 79.5 cm³/mol. The Hall–Kier alpha value is -3.42. The smallest absolute Gasteiger partial charge is 0.301 e. The fourth-order valence-corrected chi connectivity index (χ4v) is 2.29. The quantitative estimate of drug-likeness (QED) is 0.778. The van der Waals surface area contributed by atoms with E-state index in [1.54, 1.807) is 0 Å². The van der Waals surface area contributed by atoms with Crippen LogP contribution in [-0.2, 0) is 13.6 Å². The summed E-state index contributed by atoms with van der Waals surface area (Å²) in [6.07, 6.45) is -3.36. The van der Waals surface area contributed by atoms with Gasteiger partial charge in [-0.05, 0) is 18.2 Å². The molecule has 2 heterocycles. The van der Waals surface area contributed by atoms with Gasteiger partial charge >= 0.3 is 6.18 Å². The van der Waals surface area contributed by atoms with Crippen LogP contribution in [0.4, 0.5) is 19.1 Å². The van der Waals surface area contributed by atoms with Crippen molar-refractivity contribution in [3.8, 4) is 6.07 Å². The lowest BCUT2D eigenvalue weighted by atomic mass is 10.2. The maximum absolute atomic E-state index is 12.9. The Morgan fingerprint density at radius 2 is 2.16 bits per heavy atom. The minimum atomic E-state index is -4.54. The number of nitrogens with zero attached hydrogens (tertiary/aromatic N) is 6. The summed E-state index contributed by atoms with van der Waals surface area (Å²) in [4.78, 5) is 16.2. The topological polar surface area (TPSA) is 101 Å². The molecular weight excluding hydrogens is 339 g/mol.